The van der Waals surface area contributed by atoms with Crippen molar-refractivity contribution in [1.82, 2.24) is 15.5 Å². The third-order valence-corrected chi connectivity index (χ3v) is 5.33. The molecule has 0 aliphatic heterocycles. The molecular formula is C26H42N4O6. The average Bonchev–Trinajstić information content (AvgIpc) is 2.75. The van der Waals surface area contributed by atoms with Crippen LogP contribution in [0.2, 0.25) is 0 Å². The van der Waals surface area contributed by atoms with Gasteiger partial charge in [-0.2, -0.15) is 0 Å². The molecule has 1 aromatic rings. The minimum Gasteiger partial charge on any atom is -0.508 e. The maximum atomic E-state index is 13.8. The highest BCUT2D eigenvalue weighted by atomic mass is 16.6. The van der Waals surface area contributed by atoms with Crippen molar-refractivity contribution in [2.75, 3.05) is 6.54 Å². The number of hydrogen-bond acceptors (Lipinski definition) is 6. The molecule has 1 rings (SSSR count). The SMILES string of the molecule is CCCCN(C(=O)C(CC(N)=O)NC(=O)OC(C)(C)C)C(C(=O)NC(C)CCC)c1ccccc1O. The zero-order chi connectivity index (χ0) is 27.5. The summed E-state index contributed by atoms with van der Waals surface area (Å²) in [4.78, 5) is 52.9. The highest BCUT2D eigenvalue weighted by Gasteiger charge is 2.38. The molecular weight excluding hydrogens is 464 g/mol. The number of nitrogens with one attached hydrogen (secondary N) is 2. The molecule has 0 saturated heterocycles. The molecule has 202 valence electrons. The Hall–Kier alpha value is -3.30. The van der Waals surface area contributed by atoms with E-state index in [1.54, 1.807) is 39.0 Å². The van der Waals surface area contributed by atoms with Gasteiger partial charge in [-0.15, -0.1) is 0 Å². The van der Waals surface area contributed by atoms with E-state index in [4.69, 9.17) is 10.5 Å². The summed E-state index contributed by atoms with van der Waals surface area (Å²) < 4.78 is 5.26. The van der Waals surface area contributed by atoms with Crippen LogP contribution in [0.4, 0.5) is 4.79 Å². The number of benzene rings is 1. The van der Waals surface area contributed by atoms with Crippen molar-refractivity contribution >= 4 is 23.8 Å². The van der Waals surface area contributed by atoms with Gasteiger partial charge in [0, 0.05) is 18.2 Å². The molecule has 0 fully saturated rings. The van der Waals surface area contributed by atoms with Crippen LogP contribution in [0.1, 0.15) is 85.3 Å². The number of rotatable bonds is 13. The van der Waals surface area contributed by atoms with Gasteiger partial charge < -0.3 is 31.1 Å². The Morgan fingerprint density at radius 1 is 1.08 bits per heavy atom. The number of carbonyl (C=O) groups is 4. The molecule has 4 amide bonds. The number of phenolic OH excluding ortho intramolecular Hbond substituents is 1. The van der Waals surface area contributed by atoms with Gasteiger partial charge in [0.1, 0.15) is 23.4 Å². The zero-order valence-electron chi connectivity index (χ0n) is 22.3. The first-order chi connectivity index (χ1) is 16.8. The Morgan fingerprint density at radius 2 is 1.72 bits per heavy atom. The van der Waals surface area contributed by atoms with Crippen molar-refractivity contribution in [2.24, 2.45) is 5.73 Å². The quantitative estimate of drug-likeness (QED) is 0.323. The van der Waals surface area contributed by atoms with E-state index in [0.717, 1.165) is 12.8 Å². The number of nitrogens with two attached hydrogens (primary N) is 1. The van der Waals surface area contributed by atoms with Crippen molar-refractivity contribution in [3.05, 3.63) is 29.8 Å². The van der Waals surface area contributed by atoms with Gasteiger partial charge in [0.25, 0.3) is 0 Å². The van der Waals surface area contributed by atoms with Gasteiger partial charge >= 0.3 is 6.09 Å². The van der Waals surface area contributed by atoms with Crippen LogP contribution in [0.3, 0.4) is 0 Å². The molecule has 0 aliphatic rings. The van der Waals surface area contributed by atoms with Gasteiger partial charge in [-0.1, -0.05) is 44.9 Å². The lowest BCUT2D eigenvalue weighted by atomic mass is 10.00. The van der Waals surface area contributed by atoms with Crippen molar-refractivity contribution in [1.29, 1.82) is 0 Å². The second-order valence-corrected chi connectivity index (χ2v) is 9.91. The molecule has 5 N–H and O–H groups in total. The Balaban J connectivity index is 3.49. The van der Waals surface area contributed by atoms with E-state index in [1.165, 1.54) is 11.0 Å². The number of carbonyl (C=O) groups excluding carboxylic acids is 4. The summed E-state index contributed by atoms with van der Waals surface area (Å²) in [5, 5.41) is 16.0. The fraction of sp³-hybridized carbons (Fsp3) is 0.615. The first-order valence-corrected chi connectivity index (χ1v) is 12.5. The predicted molar refractivity (Wildman–Crippen MR) is 137 cm³/mol. The third kappa shape index (κ3) is 10.1. The number of nitrogens with zero attached hydrogens (tertiary/aromatic N) is 1. The van der Waals surface area contributed by atoms with E-state index in [0.29, 0.717) is 12.8 Å². The van der Waals surface area contributed by atoms with E-state index < -0.39 is 47.9 Å². The number of primary amides is 1. The number of hydrogen-bond donors (Lipinski definition) is 4. The summed E-state index contributed by atoms with van der Waals surface area (Å²) in [6.45, 7) is 10.9. The highest BCUT2D eigenvalue weighted by Crippen LogP contribution is 2.30. The Morgan fingerprint density at radius 3 is 2.25 bits per heavy atom. The van der Waals surface area contributed by atoms with E-state index in [9.17, 15) is 24.3 Å². The molecule has 3 unspecified atom stereocenters. The molecule has 1 aromatic carbocycles. The van der Waals surface area contributed by atoms with E-state index in [-0.39, 0.29) is 23.9 Å². The first-order valence-electron chi connectivity index (χ1n) is 12.5. The summed E-state index contributed by atoms with van der Waals surface area (Å²) in [6.07, 6.45) is 1.46. The number of amides is 4. The van der Waals surface area contributed by atoms with Crippen LogP contribution >= 0.6 is 0 Å². The fourth-order valence-corrected chi connectivity index (χ4v) is 3.74. The van der Waals surface area contributed by atoms with Gasteiger partial charge in [0.05, 0.1) is 6.42 Å². The van der Waals surface area contributed by atoms with Crippen molar-refractivity contribution in [3.63, 3.8) is 0 Å². The van der Waals surface area contributed by atoms with Crippen LogP contribution < -0.4 is 16.4 Å². The minimum atomic E-state index is -1.36. The number of phenols is 1. The number of alkyl carbamates (subject to hydrolysis) is 1. The van der Waals surface area contributed by atoms with Gasteiger partial charge in [-0.25, -0.2) is 4.79 Å². The average molecular weight is 507 g/mol. The molecule has 0 spiro atoms. The third-order valence-electron chi connectivity index (χ3n) is 5.33. The van der Waals surface area contributed by atoms with E-state index >= 15 is 0 Å². The molecule has 0 saturated carbocycles. The Kier molecular flexibility index (Phi) is 12.2. The largest absolute Gasteiger partial charge is 0.508 e. The van der Waals surface area contributed by atoms with Crippen LogP contribution in [0.5, 0.6) is 5.75 Å². The normalized spacial score (nSPS) is 13.7. The van der Waals surface area contributed by atoms with Crippen LogP contribution in [0, 0.1) is 0 Å². The fourth-order valence-electron chi connectivity index (χ4n) is 3.74. The maximum Gasteiger partial charge on any atom is 0.408 e. The summed E-state index contributed by atoms with van der Waals surface area (Å²) in [5.74, 6) is -2.11. The van der Waals surface area contributed by atoms with Crippen LogP contribution in [-0.2, 0) is 19.1 Å². The first kappa shape index (κ1) is 30.7. The van der Waals surface area contributed by atoms with Crippen LogP contribution in [0.15, 0.2) is 24.3 Å². The van der Waals surface area contributed by atoms with Crippen molar-refractivity contribution in [2.45, 2.75) is 97.4 Å². The van der Waals surface area contributed by atoms with E-state index in [2.05, 4.69) is 10.6 Å². The molecule has 10 nitrogen and oxygen atoms in total. The predicted octanol–water partition coefficient (Wildman–Crippen LogP) is 3.14. The zero-order valence-corrected chi connectivity index (χ0v) is 22.3. The lowest BCUT2D eigenvalue weighted by molar-refractivity contribution is -0.143. The maximum absolute atomic E-state index is 13.8. The van der Waals surface area contributed by atoms with Gasteiger partial charge in [-0.05, 0) is 46.6 Å². The highest BCUT2D eigenvalue weighted by molar-refractivity contribution is 5.94. The van der Waals surface area contributed by atoms with Gasteiger partial charge in [-0.3, -0.25) is 14.4 Å². The minimum absolute atomic E-state index is 0.148. The lowest BCUT2D eigenvalue weighted by Gasteiger charge is -2.35. The molecule has 0 bridgehead atoms. The molecule has 36 heavy (non-hydrogen) atoms. The summed E-state index contributed by atoms with van der Waals surface area (Å²) in [5.41, 5.74) is 4.78. The molecule has 10 heteroatoms. The van der Waals surface area contributed by atoms with Crippen molar-refractivity contribution < 1.29 is 29.0 Å². The molecule has 0 aromatic heterocycles. The lowest BCUT2D eigenvalue weighted by Crippen LogP contribution is -2.54. The molecule has 3 atom stereocenters. The molecule has 0 heterocycles. The topological polar surface area (TPSA) is 151 Å². The van der Waals surface area contributed by atoms with E-state index in [1.807, 2.05) is 20.8 Å². The Bertz CT molecular complexity index is 899. The number of ether oxygens (including phenoxy) is 1. The molecule has 0 radical (unpaired) electrons. The van der Waals surface area contributed by atoms with Crippen LogP contribution in [0.25, 0.3) is 0 Å². The smallest absolute Gasteiger partial charge is 0.408 e. The summed E-state index contributed by atoms with van der Waals surface area (Å²) >= 11 is 0. The monoisotopic (exact) mass is 506 g/mol. The standard InChI is InChI=1S/C26H42N4O6/c1-7-9-15-30(24(34)19(16-21(27)32)29-25(35)36-26(4,5)6)22(18-13-10-11-14-20(18)31)23(33)28-17(3)12-8-2/h10-11,13-14,17,19,22,31H,7-9,12,15-16H2,1-6H3,(H2,27,32)(H,28,33)(H,29,35). The summed E-state index contributed by atoms with van der Waals surface area (Å²) in [6, 6.07) is 3.57. The number of unbranched alkanes of at least 4 members (excludes halogenated alkanes) is 1. The Labute approximate surface area is 213 Å². The van der Waals surface area contributed by atoms with Gasteiger partial charge in [0.2, 0.25) is 17.7 Å². The second kappa shape index (κ2) is 14.3. The number of aromatic hydroxyl groups is 1. The van der Waals surface area contributed by atoms with Gasteiger partial charge in [0.15, 0.2) is 0 Å². The second-order valence-electron chi connectivity index (χ2n) is 9.91. The summed E-state index contributed by atoms with van der Waals surface area (Å²) in [7, 11) is 0. The molecule has 0 aliphatic carbocycles. The van der Waals surface area contributed by atoms with Crippen LogP contribution in [-0.4, -0.2) is 58.1 Å². The van der Waals surface area contributed by atoms with Crippen molar-refractivity contribution in [3.8, 4) is 5.75 Å². The number of para-hydroxylation sites is 1.